The van der Waals surface area contributed by atoms with Crippen LogP contribution in [0, 0.1) is 0 Å². The molecule has 0 aliphatic carbocycles. The van der Waals surface area contributed by atoms with Crippen molar-refractivity contribution in [3.8, 4) is 0 Å². The Bertz CT molecular complexity index is 154. The fraction of sp³-hybridized carbons (Fsp3) is 1.00. The third-order valence-electron chi connectivity index (χ3n) is 1.17. The second-order valence-corrected chi connectivity index (χ2v) is 2.39. The summed E-state index contributed by atoms with van der Waals surface area (Å²) in [6.07, 6.45) is -15.2. The van der Waals surface area contributed by atoms with E-state index < -0.39 is 31.7 Å². The van der Waals surface area contributed by atoms with Gasteiger partial charge in [-0.25, -0.2) is 0 Å². The summed E-state index contributed by atoms with van der Waals surface area (Å²) in [5.41, 5.74) is 0. The quantitative estimate of drug-likeness (QED) is 0.327. The van der Waals surface area contributed by atoms with Gasteiger partial charge in [0.15, 0.2) is 0 Å². The van der Waals surface area contributed by atoms with Gasteiger partial charge in [-0.05, 0) is 6.42 Å². The number of hydrogen-bond acceptors (Lipinski definition) is 2. The zero-order valence-corrected chi connectivity index (χ0v) is 7.78. The summed E-state index contributed by atoms with van der Waals surface area (Å²) in [7, 11) is 0. The summed E-state index contributed by atoms with van der Waals surface area (Å²) in [4.78, 5) is 0. The first-order valence-corrected chi connectivity index (χ1v) is 3.52. The van der Waals surface area contributed by atoms with Crippen LogP contribution >= 0.6 is 0 Å². The summed E-state index contributed by atoms with van der Waals surface area (Å²) in [5, 5.41) is 9.77. The smallest absolute Gasteiger partial charge is 0.854 e. The maximum Gasteiger partial charge on any atom is 1.00 e. The van der Waals surface area contributed by atoms with Gasteiger partial charge in [-0.3, -0.25) is 0 Å². The molecule has 0 amide bonds. The van der Waals surface area contributed by atoms with E-state index in [1.165, 1.54) is 0 Å². The van der Waals surface area contributed by atoms with Crippen LogP contribution < -0.4 is 24.0 Å². The molecule has 0 aliphatic heterocycles. The molecule has 0 fully saturated rings. The monoisotopic (exact) mass is 232 g/mol. The number of ether oxygens (including phenoxy) is 1. The van der Waals surface area contributed by atoms with Crippen LogP contribution in [0.15, 0.2) is 0 Å². The van der Waals surface area contributed by atoms with Crippen LogP contribution in [0.4, 0.5) is 26.3 Å². The minimum atomic E-state index is -5.50. The van der Waals surface area contributed by atoms with Crippen molar-refractivity contribution in [1.29, 1.82) is 0 Å². The molecule has 0 aromatic heterocycles. The zero-order valence-electron chi connectivity index (χ0n) is 7.78. The first-order chi connectivity index (χ1) is 6.19. The predicted molar refractivity (Wildman–Crippen MR) is 31.3 cm³/mol. The molecule has 0 bridgehead atoms. The van der Waals surface area contributed by atoms with Crippen molar-refractivity contribution in [3.05, 3.63) is 0 Å². The van der Waals surface area contributed by atoms with Crippen molar-refractivity contribution >= 4 is 0 Å². The minimum Gasteiger partial charge on any atom is -0.854 e. The van der Waals surface area contributed by atoms with E-state index in [9.17, 15) is 31.4 Å². The molecule has 0 saturated heterocycles. The third-order valence-corrected chi connectivity index (χ3v) is 1.17. The summed E-state index contributed by atoms with van der Waals surface area (Å²) in [6.45, 7) is -1.63. The molecule has 0 radical (unpaired) electrons. The Balaban J connectivity index is 0. The summed E-state index contributed by atoms with van der Waals surface area (Å²) >= 11 is 0. The van der Waals surface area contributed by atoms with Crippen molar-refractivity contribution in [2.45, 2.75) is 24.9 Å². The van der Waals surface area contributed by atoms with Gasteiger partial charge < -0.3 is 9.84 Å². The molecule has 0 N–H and O–H groups in total. The molecule has 0 saturated carbocycles. The molecular weight excluding hydrogens is 225 g/mol. The average molecular weight is 232 g/mol. The van der Waals surface area contributed by atoms with Crippen LogP contribution in [0.5, 0.6) is 0 Å². The molecule has 0 aromatic carbocycles. The van der Waals surface area contributed by atoms with Gasteiger partial charge >= 0.3 is 31.2 Å². The van der Waals surface area contributed by atoms with Crippen LogP contribution in [0.3, 0.4) is 0 Å². The van der Waals surface area contributed by atoms with E-state index >= 15 is 0 Å². The molecule has 9 heteroatoms. The van der Waals surface area contributed by atoms with E-state index in [4.69, 9.17) is 0 Å². The summed E-state index contributed by atoms with van der Waals surface area (Å²) < 4.78 is 73.9. The van der Waals surface area contributed by atoms with Gasteiger partial charge in [0.1, 0.15) is 0 Å². The number of hydrogen-bond donors (Lipinski definition) is 0. The topological polar surface area (TPSA) is 32.3 Å². The Labute approximate surface area is 93.8 Å². The fourth-order valence-electron chi connectivity index (χ4n) is 0.635. The van der Waals surface area contributed by atoms with Crippen molar-refractivity contribution in [2.75, 3.05) is 13.2 Å². The zero-order chi connectivity index (χ0) is 11.4. The molecule has 2 nitrogen and oxygen atoms in total. The standard InChI is InChI=1S/C6H7F6O2.Li/c7-5(8,9)4(6(10,11)12)14-3-1-2-13;/h4H,1-3H2;/q-1;+1. The molecule has 0 atom stereocenters. The second-order valence-electron chi connectivity index (χ2n) is 2.39. The van der Waals surface area contributed by atoms with Gasteiger partial charge in [-0.2, -0.15) is 26.3 Å². The Morgan fingerprint density at radius 3 is 1.67 bits per heavy atom. The maximum absolute atomic E-state index is 11.7. The molecule has 0 rings (SSSR count). The molecule has 0 spiro atoms. The van der Waals surface area contributed by atoms with E-state index in [1.54, 1.807) is 0 Å². The Hall–Kier alpha value is 0.0974. The molecule has 0 aromatic rings. The molecule has 86 valence electrons. The van der Waals surface area contributed by atoms with Crippen LogP contribution in [0.1, 0.15) is 6.42 Å². The summed E-state index contributed by atoms with van der Waals surface area (Å²) in [6, 6.07) is 0. The number of rotatable bonds is 4. The van der Waals surface area contributed by atoms with Gasteiger partial charge in [-0.1, -0.05) is 0 Å². The first kappa shape index (κ1) is 17.5. The molecule has 15 heavy (non-hydrogen) atoms. The van der Waals surface area contributed by atoms with Crippen LogP contribution in [-0.4, -0.2) is 31.7 Å². The first-order valence-electron chi connectivity index (χ1n) is 3.52. The van der Waals surface area contributed by atoms with Gasteiger partial charge in [0.25, 0.3) is 0 Å². The third kappa shape index (κ3) is 7.06. The van der Waals surface area contributed by atoms with Crippen molar-refractivity contribution in [3.63, 3.8) is 0 Å². The fourth-order valence-corrected chi connectivity index (χ4v) is 0.635. The van der Waals surface area contributed by atoms with Crippen LogP contribution in [0.25, 0.3) is 0 Å². The molecule has 0 unspecified atom stereocenters. The van der Waals surface area contributed by atoms with E-state index in [0.29, 0.717) is 0 Å². The Morgan fingerprint density at radius 1 is 1.00 bits per heavy atom. The van der Waals surface area contributed by atoms with E-state index in [0.717, 1.165) is 0 Å². The number of alkyl halides is 6. The van der Waals surface area contributed by atoms with E-state index in [1.807, 2.05) is 0 Å². The van der Waals surface area contributed by atoms with Gasteiger partial charge in [0, 0.05) is 6.61 Å². The van der Waals surface area contributed by atoms with Crippen molar-refractivity contribution in [1.82, 2.24) is 0 Å². The second kappa shape index (κ2) is 6.63. The average Bonchev–Trinajstić information content (AvgIpc) is 1.92. The minimum absolute atomic E-state index is 0. The van der Waals surface area contributed by atoms with E-state index in [2.05, 4.69) is 4.74 Å². The predicted octanol–water partition coefficient (Wildman–Crippen LogP) is -1.75. The SMILES string of the molecule is [Li+].[O-]CCCOC(C(F)(F)F)C(F)(F)F. The van der Waals surface area contributed by atoms with Crippen molar-refractivity contribution in [2.24, 2.45) is 0 Å². The van der Waals surface area contributed by atoms with Crippen molar-refractivity contribution < 1.29 is 55.0 Å². The number of halogens is 6. The largest absolute Gasteiger partial charge is 1.00 e. The van der Waals surface area contributed by atoms with Crippen LogP contribution in [0.2, 0.25) is 0 Å². The van der Waals surface area contributed by atoms with Gasteiger partial charge in [-0.15, -0.1) is 6.61 Å². The molecule has 0 aliphatic rings. The Morgan fingerprint density at radius 2 is 1.40 bits per heavy atom. The Kier molecular flexibility index (Phi) is 7.73. The van der Waals surface area contributed by atoms with Gasteiger partial charge in [0.05, 0.1) is 0 Å². The maximum atomic E-state index is 11.7. The van der Waals surface area contributed by atoms with Gasteiger partial charge in [0.2, 0.25) is 6.10 Å². The van der Waals surface area contributed by atoms with Crippen LogP contribution in [-0.2, 0) is 4.74 Å². The molecular formula is C6H7F6LiO2. The van der Waals surface area contributed by atoms with E-state index in [-0.39, 0.29) is 25.3 Å². The molecule has 0 heterocycles. The summed E-state index contributed by atoms with van der Waals surface area (Å²) in [5.74, 6) is 0. The normalized spacial score (nSPS) is 12.8.